The molecule has 1 saturated carbocycles. The topological polar surface area (TPSA) is 80.0 Å². The summed E-state index contributed by atoms with van der Waals surface area (Å²) in [5, 5.41) is 16.8. The van der Waals surface area contributed by atoms with E-state index in [2.05, 4.69) is 15.4 Å². The van der Waals surface area contributed by atoms with Gasteiger partial charge in [0.2, 0.25) is 5.95 Å². The Balaban J connectivity index is 2.03. The minimum absolute atomic E-state index is 0.0384. The van der Waals surface area contributed by atoms with Crippen molar-refractivity contribution in [3.8, 4) is 11.3 Å². The highest BCUT2D eigenvalue weighted by Crippen LogP contribution is 2.29. The molecule has 0 atom stereocenters. The average Bonchev–Trinajstić information content (AvgIpc) is 3.12. The van der Waals surface area contributed by atoms with E-state index >= 15 is 0 Å². The van der Waals surface area contributed by atoms with Crippen molar-refractivity contribution in [2.45, 2.75) is 45.2 Å². The van der Waals surface area contributed by atoms with Gasteiger partial charge in [-0.05, 0) is 45.7 Å². The van der Waals surface area contributed by atoms with Crippen molar-refractivity contribution in [2.75, 3.05) is 5.32 Å². The Hall–Kier alpha value is -2.44. The molecular weight excluding hydrogens is 299 g/mol. The van der Waals surface area contributed by atoms with Crippen molar-refractivity contribution < 1.29 is 14.3 Å². The maximum absolute atomic E-state index is 14.4. The average molecular weight is 318 g/mol. The lowest BCUT2D eigenvalue weighted by Crippen LogP contribution is -2.22. The van der Waals surface area contributed by atoms with Gasteiger partial charge in [0.1, 0.15) is 17.1 Å². The van der Waals surface area contributed by atoms with Crippen LogP contribution in [0.4, 0.5) is 10.2 Å². The van der Waals surface area contributed by atoms with E-state index in [4.69, 9.17) is 0 Å². The number of carboxylic acid groups (broad SMARTS) is 1. The first-order chi connectivity index (χ1) is 10.8. The fraction of sp³-hybridized carbons (Fsp3) is 0.438. The molecular formula is C16H19FN4O2. The summed E-state index contributed by atoms with van der Waals surface area (Å²) in [4.78, 5) is 15.3. The molecule has 122 valence electrons. The number of nitrogens with one attached hydrogen (secondary N) is 1. The zero-order valence-corrected chi connectivity index (χ0v) is 13.3. The molecule has 1 aliphatic carbocycles. The van der Waals surface area contributed by atoms with Crippen molar-refractivity contribution in [1.82, 2.24) is 14.8 Å². The van der Waals surface area contributed by atoms with Gasteiger partial charge in [-0.15, -0.1) is 0 Å². The molecule has 1 aliphatic rings. The van der Waals surface area contributed by atoms with Gasteiger partial charge in [0.15, 0.2) is 0 Å². The molecule has 23 heavy (non-hydrogen) atoms. The van der Waals surface area contributed by atoms with Crippen molar-refractivity contribution in [1.29, 1.82) is 0 Å². The summed E-state index contributed by atoms with van der Waals surface area (Å²) >= 11 is 0. The van der Waals surface area contributed by atoms with Gasteiger partial charge in [0.05, 0.1) is 11.1 Å². The molecule has 0 aliphatic heterocycles. The van der Waals surface area contributed by atoms with Crippen LogP contribution in [-0.4, -0.2) is 31.9 Å². The lowest BCUT2D eigenvalue weighted by atomic mass is 10.1. The van der Waals surface area contributed by atoms with Gasteiger partial charge >= 0.3 is 5.97 Å². The van der Waals surface area contributed by atoms with Crippen LogP contribution in [0.3, 0.4) is 0 Å². The van der Waals surface area contributed by atoms with E-state index in [9.17, 15) is 14.3 Å². The van der Waals surface area contributed by atoms with Gasteiger partial charge in [-0.3, -0.25) is 4.68 Å². The van der Waals surface area contributed by atoms with Crippen LogP contribution in [0.25, 0.3) is 11.3 Å². The number of pyridine rings is 1. The summed E-state index contributed by atoms with van der Waals surface area (Å²) in [7, 11) is 0. The number of carboxylic acids is 1. The molecule has 6 nitrogen and oxygen atoms in total. The van der Waals surface area contributed by atoms with Crippen LogP contribution in [0, 0.1) is 5.95 Å². The number of anilines is 1. The SMILES string of the molecule is CC(C)(C)n1cc(C(=O)O)c(-c2ccc(NC3CC3)nc2F)n1. The predicted octanol–water partition coefficient (Wildman–Crippen LogP) is 3.11. The molecule has 0 bridgehead atoms. The summed E-state index contributed by atoms with van der Waals surface area (Å²) in [6.07, 6.45) is 3.54. The first-order valence-corrected chi connectivity index (χ1v) is 7.52. The highest BCUT2D eigenvalue weighted by molar-refractivity contribution is 5.94. The molecule has 2 N–H and O–H groups in total. The Morgan fingerprint density at radius 1 is 1.39 bits per heavy atom. The number of aromatic carboxylic acids is 1. The monoisotopic (exact) mass is 318 g/mol. The van der Waals surface area contributed by atoms with Gasteiger partial charge in [-0.25, -0.2) is 9.78 Å². The number of halogens is 1. The third kappa shape index (κ3) is 3.18. The van der Waals surface area contributed by atoms with E-state index in [1.54, 1.807) is 6.07 Å². The van der Waals surface area contributed by atoms with Gasteiger partial charge in [-0.1, -0.05) is 0 Å². The van der Waals surface area contributed by atoms with E-state index in [1.165, 1.54) is 16.9 Å². The Kier molecular flexibility index (Phi) is 3.58. The van der Waals surface area contributed by atoms with Crippen molar-refractivity contribution in [3.05, 3.63) is 29.8 Å². The van der Waals surface area contributed by atoms with Gasteiger partial charge < -0.3 is 10.4 Å². The Labute approximate surface area is 133 Å². The lowest BCUT2D eigenvalue weighted by molar-refractivity contribution is 0.0697. The Morgan fingerprint density at radius 3 is 2.61 bits per heavy atom. The molecule has 7 heteroatoms. The number of aromatic nitrogens is 3. The molecule has 1 fully saturated rings. The van der Waals surface area contributed by atoms with Crippen molar-refractivity contribution in [2.24, 2.45) is 0 Å². The van der Waals surface area contributed by atoms with Crippen LogP contribution in [0.2, 0.25) is 0 Å². The molecule has 0 radical (unpaired) electrons. The third-order valence-corrected chi connectivity index (χ3v) is 3.67. The second kappa shape index (κ2) is 5.33. The number of carbonyl (C=O) groups is 1. The van der Waals surface area contributed by atoms with Crippen LogP contribution in [0.15, 0.2) is 18.3 Å². The summed E-state index contributed by atoms with van der Waals surface area (Å²) in [6.45, 7) is 5.69. The number of rotatable bonds is 4. The number of hydrogen-bond acceptors (Lipinski definition) is 4. The fourth-order valence-electron chi connectivity index (χ4n) is 2.20. The van der Waals surface area contributed by atoms with Crippen LogP contribution >= 0.6 is 0 Å². The van der Waals surface area contributed by atoms with Crippen LogP contribution in [0.5, 0.6) is 0 Å². The highest BCUT2D eigenvalue weighted by Gasteiger charge is 2.25. The third-order valence-electron chi connectivity index (χ3n) is 3.67. The maximum Gasteiger partial charge on any atom is 0.339 e. The standard InChI is InChI=1S/C16H19FN4O2/c1-16(2,3)21-8-11(15(22)23)13(20-21)10-6-7-12(19-14(10)17)18-9-4-5-9/h6-9H,4-5H2,1-3H3,(H,18,19)(H,22,23). The molecule has 0 amide bonds. The second-order valence-corrected chi connectivity index (χ2v) is 6.77. The normalized spacial score (nSPS) is 14.8. The van der Waals surface area contributed by atoms with E-state index in [1.807, 2.05) is 20.8 Å². The van der Waals surface area contributed by atoms with E-state index in [0.29, 0.717) is 11.9 Å². The summed E-state index contributed by atoms with van der Waals surface area (Å²) < 4.78 is 15.9. The first-order valence-electron chi connectivity index (χ1n) is 7.52. The molecule has 2 heterocycles. The zero-order chi connectivity index (χ0) is 16.8. The molecule has 0 spiro atoms. The molecule has 0 saturated heterocycles. The minimum atomic E-state index is -1.14. The largest absolute Gasteiger partial charge is 0.478 e. The zero-order valence-electron chi connectivity index (χ0n) is 13.3. The summed E-state index contributed by atoms with van der Waals surface area (Å²) in [5.74, 6) is -1.41. The van der Waals surface area contributed by atoms with Crippen LogP contribution in [0.1, 0.15) is 44.0 Å². The van der Waals surface area contributed by atoms with Crippen molar-refractivity contribution >= 4 is 11.8 Å². The Morgan fingerprint density at radius 2 is 2.09 bits per heavy atom. The first kappa shape index (κ1) is 15.5. The lowest BCUT2D eigenvalue weighted by Gasteiger charge is -2.18. The van der Waals surface area contributed by atoms with Gasteiger partial charge in [-0.2, -0.15) is 9.49 Å². The van der Waals surface area contributed by atoms with E-state index in [-0.39, 0.29) is 16.8 Å². The second-order valence-electron chi connectivity index (χ2n) is 6.77. The molecule has 2 aromatic rings. The summed E-state index contributed by atoms with van der Waals surface area (Å²) in [6, 6.07) is 3.54. The Bertz CT molecular complexity index is 760. The van der Waals surface area contributed by atoms with Crippen LogP contribution < -0.4 is 5.32 Å². The van der Waals surface area contributed by atoms with Gasteiger partial charge in [0, 0.05) is 12.2 Å². The van der Waals surface area contributed by atoms with Crippen LogP contribution in [-0.2, 0) is 5.54 Å². The molecule has 0 aromatic carbocycles. The minimum Gasteiger partial charge on any atom is -0.478 e. The smallest absolute Gasteiger partial charge is 0.339 e. The molecule has 0 unspecified atom stereocenters. The van der Waals surface area contributed by atoms with E-state index in [0.717, 1.165) is 12.8 Å². The highest BCUT2D eigenvalue weighted by atomic mass is 19.1. The summed E-state index contributed by atoms with van der Waals surface area (Å²) in [5.41, 5.74) is -0.259. The van der Waals surface area contributed by atoms with Crippen molar-refractivity contribution in [3.63, 3.8) is 0 Å². The molecule has 2 aromatic heterocycles. The quantitative estimate of drug-likeness (QED) is 0.847. The number of hydrogen-bond donors (Lipinski definition) is 2. The molecule has 3 rings (SSSR count). The van der Waals surface area contributed by atoms with E-state index < -0.39 is 17.5 Å². The number of nitrogens with zero attached hydrogens (tertiary/aromatic N) is 3. The fourth-order valence-corrected chi connectivity index (χ4v) is 2.20. The van der Waals surface area contributed by atoms with Gasteiger partial charge in [0.25, 0.3) is 0 Å². The predicted molar refractivity (Wildman–Crippen MR) is 84.0 cm³/mol. The maximum atomic E-state index is 14.4.